The van der Waals surface area contributed by atoms with Gasteiger partial charge in [-0.15, -0.1) is 0 Å². The number of thiocyanates is 1. The zero-order chi connectivity index (χ0) is 13.5. The summed E-state index contributed by atoms with van der Waals surface area (Å²) in [7, 11) is 0. The minimum Gasteiger partial charge on any atom is -0.489 e. The highest BCUT2D eigenvalue weighted by Gasteiger charge is 2.08. The molecule has 2 rings (SSSR count). The van der Waals surface area contributed by atoms with E-state index in [1.54, 1.807) is 0 Å². The first-order valence-corrected chi connectivity index (χ1v) is 6.83. The molecular formula is C15H15NO2S. The van der Waals surface area contributed by atoms with Crippen LogP contribution in [0.25, 0.3) is 0 Å². The summed E-state index contributed by atoms with van der Waals surface area (Å²) in [5.74, 6) is 1.73. The summed E-state index contributed by atoms with van der Waals surface area (Å²) < 4.78 is 10.9. The number of benzene rings is 1. The van der Waals surface area contributed by atoms with E-state index >= 15 is 0 Å². The van der Waals surface area contributed by atoms with Crippen LogP contribution in [-0.4, -0.2) is 6.61 Å². The molecule has 1 aromatic carbocycles. The predicted molar refractivity (Wildman–Crippen MR) is 76.4 cm³/mol. The van der Waals surface area contributed by atoms with E-state index < -0.39 is 0 Å². The lowest BCUT2D eigenvalue weighted by molar-refractivity contribution is 0.344. The molecule has 0 spiro atoms. The van der Waals surface area contributed by atoms with Crippen molar-refractivity contribution in [3.05, 3.63) is 53.3 Å². The topological polar surface area (TPSA) is 42.2 Å². The summed E-state index contributed by atoms with van der Waals surface area (Å²) >= 11 is 0.804. The van der Waals surface area contributed by atoms with Crippen molar-refractivity contribution in [1.82, 2.24) is 0 Å². The van der Waals surface area contributed by atoms with Crippen LogP contribution in [0.2, 0.25) is 0 Å². The number of allylic oxidation sites excluding steroid dienone is 3. The normalized spacial score (nSPS) is 14.1. The van der Waals surface area contributed by atoms with Crippen molar-refractivity contribution >= 4 is 12.0 Å². The standard InChI is InChI=1S/C15H15NO2S/c1-12-2-6-14(7-3-12)17-10-13-4-8-15(9-5-13)18-19-11-16/h2-4,6-8H,5,9-10H2,1H3. The first kappa shape index (κ1) is 13.6. The van der Waals surface area contributed by atoms with Crippen molar-refractivity contribution in [2.24, 2.45) is 0 Å². The number of nitrogens with zero attached hydrogens (tertiary/aromatic N) is 1. The Morgan fingerprint density at radius 2 is 2.00 bits per heavy atom. The fourth-order valence-corrected chi connectivity index (χ4v) is 2.02. The predicted octanol–water partition coefficient (Wildman–Crippen LogP) is 4.12. The van der Waals surface area contributed by atoms with Crippen LogP contribution < -0.4 is 4.74 Å². The minimum atomic E-state index is 0.595. The Bertz CT molecular complexity index is 526. The molecule has 0 fully saturated rings. The van der Waals surface area contributed by atoms with Gasteiger partial charge in [-0.2, -0.15) is 5.26 Å². The number of ether oxygens (including phenoxy) is 1. The molecule has 4 heteroatoms. The first-order valence-electron chi connectivity index (χ1n) is 6.08. The Morgan fingerprint density at radius 3 is 2.63 bits per heavy atom. The van der Waals surface area contributed by atoms with Gasteiger partial charge in [0.2, 0.25) is 0 Å². The van der Waals surface area contributed by atoms with Gasteiger partial charge in [-0.3, -0.25) is 0 Å². The van der Waals surface area contributed by atoms with Gasteiger partial charge >= 0.3 is 0 Å². The van der Waals surface area contributed by atoms with Gasteiger partial charge in [-0.1, -0.05) is 23.8 Å². The van der Waals surface area contributed by atoms with Gasteiger partial charge in [0.1, 0.15) is 18.1 Å². The minimum absolute atomic E-state index is 0.595. The second kappa shape index (κ2) is 6.91. The molecule has 0 unspecified atom stereocenters. The second-order valence-corrected chi connectivity index (χ2v) is 4.83. The molecule has 19 heavy (non-hydrogen) atoms. The monoisotopic (exact) mass is 273 g/mol. The third kappa shape index (κ3) is 4.38. The molecule has 0 aromatic heterocycles. The van der Waals surface area contributed by atoms with Gasteiger partial charge in [0.25, 0.3) is 0 Å². The molecule has 0 saturated heterocycles. The van der Waals surface area contributed by atoms with Crippen LogP contribution in [0.1, 0.15) is 18.4 Å². The third-order valence-electron chi connectivity index (χ3n) is 2.83. The largest absolute Gasteiger partial charge is 0.489 e. The van der Waals surface area contributed by atoms with Crippen molar-refractivity contribution in [2.45, 2.75) is 19.8 Å². The number of hydrogen-bond acceptors (Lipinski definition) is 4. The van der Waals surface area contributed by atoms with E-state index in [2.05, 4.69) is 6.92 Å². The maximum Gasteiger partial charge on any atom is 0.176 e. The zero-order valence-corrected chi connectivity index (χ0v) is 11.6. The van der Waals surface area contributed by atoms with E-state index in [1.807, 2.05) is 41.8 Å². The van der Waals surface area contributed by atoms with Gasteiger partial charge in [-0.05, 0) is 37.1 Å². The van der Waals surface area contributed by atoms with Crippen LogP contribution in [0.15, 0.2) is 47.7 Å². The average Bonchev–Trinajstić information content (AvgIpc) is 2.46. The van der Waals surface area contributed by atoms with Crippen LogP contribution in [0.5, 0.6) is 5.75 Å². The van der Waals surface area contributed by atoms with Crippen LogP contribution >= 0.6 is 12.0 Å². The second-order valence-electron chi connectivity index (χ2n) is 4.32. The molecule has 0 bridgehead atoms. The Balaban J connectivity index is 1.84. The van der Waals surface area contributed by atoms with Crippen molar-refractivity contribution < 1.29 is 8.92 Å². The van der Waals surface area contributed by atoms with Gasteiger partial charge in [0, 0.05) is 6.42 Å². The van der Waals surface area contributed by atoms with E-state index in [9.17, 15) is 0 Å². The van der Waals surface area contributed by atoms with Crippen LogP contribution in [0, 0.1) is 17.6 Å². The van der Waals surface area contributed by atoms with E-state index in [0.717, 1.165) is 36.4 Å². The zero-order valence-electron chi connectivity index (χ0n) is 10.8. The smallest absolute Gasteiger partial charge is 0.176 e. The Kier molecular flexibility index (Phi) is 4.93. The summed E-state index contributed by atoms with van der Waals surface area (Å²) in [5.41, 5.74) is 2.46. The molecule has 1 aromatic rings. The molecule has 98 valence electrons. The molecule has 1 aliphatic carbocycles. The van der Waals surface area contributed by atoms with Gasteiger partial charge < -0.3 is 8.92 Å². The van der Waals surface area contributed by atoms with Gasteiger partial charge in [-0.25, -0.2) is 0 Å². The lowest BCUT2D eigenvalue weighted by atomic mass is 10.0. The fourth-order valence-electron chi connectivity index (χ4n) is 1.73. The van der Waals surface area contributed by atoms with Crippen molar-refractivity contribution in [1.29, 1.82) is 5.26 Å². The van der Waals surface area contributed by atoms with E-state index in [4.69, 9.17) is 14.2 Å². The van der Waals surface area contributed by atoms with Crippen LogP contribution in [0.3, 0.4) is 0 Å². The maximum absolute atomic E-state index is 8.40. The van der Waals surface area contributed by atoms with Crippen LogP contribution in [-0.2, 0) is 4.18 Å². The highest BCUT2D eigenvalue weighted by atomic mass is 32.2. The molecule has 0 N–H and O–H groups in total. The molecule has 0 radical (unpaired) electrons. The van der Waals surface area contributed by atoms with Gasteiger partial charge in [0.05, 0.1) is 0 Å². The van der Waals surface area contributed by atoms with E-state index in [1.165, 1.54) is 11.1 Å². The van der Waals surface area contributed by atoms with E-state index in [-0.39, 0.29) is 0 Å². The average molecular weight is 273 g/mol. The quantitative estimate of drug-likeness (QED) is 0.597. The summed E-state index contributed by atoms with van der Waals surface area (Å²) in [5, 5.41) is 10.3. The molecule has 0 atom stereocenters. The molecule has 0 heterocycles. The van der Waals surface area contributed by atoms with Crippen molar-refractivity contribution in [3.63, 3.8) is 0 Å². The third-order valence-corrected chi connectivity index (χ3v) is 3.20. The van der Waals surface area contributed by atoms with Crippen LogP contribution in [0.4, 0.5) is 0 Å². The first-order chi connectivity index (χ1) is 9.28. The van der Waals surface area contributed by atoms with E-state index in [0.29, 0.717) is 6.61 Å². The number of nitriles is 1. The Labute approximate surface area is 117 Å². The highest BCUT2D eigenvalue weighted by Crippen LogP contribution is 2.23. The SMILES string of the molecule is Cc1ccc(OCC2=CC=C(OSC#N)CC2)cc1. The molecule has 3 nitrogen and oxygen atoms in total. The number of rotatable bonds is 5. The fraction of sp³-hybridized carbons (Fsp3) is 0.267. The van der Waals surface area contributed by atoms with Crippen molar-refractivity contribution in [3.8, 4) is 11.2 Å². The number of aryl methyl sites for hydroxylation is 1. The summed E-state index contributed by atoms with van der Waals surface area (Å²) in [6.45, 7) is 2.65. The van der Waals surface area contributed by atoms with Crippen molar-refractivity contribution in [2.75, 3.05) is 6.61 Å². The molecule has 0 aliphatic heterocycles. The van der Waals surface area contributed by atoms with Gasteiger partial charge in [0.15, 0.2) is 17.4 Å². The maximum atomic E-state index is 8.40. The molecular weight excluding hydrogens is 258 g/mol. The summed E-state index contributed by atoms with van der Waals surface area (Å²) in [6, 6.07) is 8.03. The molecule has 0 saturated carbocycles. The summed E-state index contributed by atoms with van der Waals surface area (Å²) in [4.78, 5) is 0. The molecule has 0 amide bonds. The summed E-state index contributed by atoms with van der Waals surface area (Å²) in [6.07, 6.45) is 5.63. The highest BCUT2D eigenvalue weighted by molar-refractivity contribution is 7.99. The lowest BCUT2D eigenvalue weighted by Crippen LogP contribution is -2.04. The Hall–Kier alpha value is -1.86. The lowest BCUT2D eigenvalue weighted by Gasteiger charge is -2.14. The number of hydrogen-bond donors (Lipinski definition) is 0. The Morgan fingerprint density at radius 1 is 1.21 bits per heavy atom. The molecule has 1 aliphatic rings.